The zero-order valence-corrected chi connectivity index (χ0v) is 8.99. The van der Waals surface area contributed by atoms with Gasteiger partial charge in [-0.1, -0.05) is 0 Å². The van der Waals surface area contributed by atoms with Crippen LogP contribution < -0.4 is 4.74 Å². The molecular weight excluding hydrogens is 243 g/mol. The van der Waals surface area contributed by atoms with Gasteiger partial charge in [-0.25, -0.2) is 0 Å². The van der Waals surface area contributed by atoms with Gasteiger partial charge in [0.05, 0.1) is 30.2 Å². The second-order valence-electron chi connectivity index (χ2n) is 2.96. The van der Waals surface area contributed by atoms with Gasteiger partial charge < -0.3 is 4.74 Å². The minimum Gasteiger partial charge on any atom is -0.496 e. The summed E-state index contributed by atoms with van der Waals surface area (Å²) in [7, 11) is 1.13. The minimum absolute atomic E-state index is 0.0937. The maximum Gasteiger partial charge on any atom is 0.420 e. The van der Waals surface area contributed by atoms with E-state index in [1.165, 1.54) is 6.07 Å². The zero-order chi connectivity index (χ0) is 12.3. The molecule has 0 amide bonds. The molecule has 0 aliphatic rings. The molecule has 1 aromatic carbocycles. The predicted octanol–water partition coefficient (Wildman–Crippen LogP) is 3.32. The lowest BCUT2D eigenvalue weighted by Crippen LogP contribution is -2.09. The standard InChI is InChI=1S/C10H7ClF3NO/c1-16-9-7(4-11)2-6(5-15)3-8(9)10(12,13)14/h2-3H,4H2,1H3. The predicted molar refractivity (Wildman–Crippen MR) is 52.3 cm³/mol. The topological polar surface area (TPSA) is 33.0 Å². The van der Waals surface area contributed by atoms with Crippen molar-refractivity contribution < 1.29 is 17.9 Å². The molecule has 0 atom stereocenters. The molecule has 0 saturated carbocycles. The van der Waals surface area contributed by atoms with Crippen LogP contribution in [-0.2, 0) is 12.1 Å². The molecule has 0 spiro atoms. The van der Waals surface area contributed by atoms with E-state index in [9.17, 15) is 13.2 Å². The van der Waals surface area contributed by atoms with Crippen molar-refractivity contribution in [1.82, 2.24) is 0 Å². The van der Waals surface area contributed by atoms with Crippen molar-refractivity contribution in [3.63, 3.8) is 0 Å². The van der Waals surface area contributed by atoms with Crippen LogP contribution in [-0.4, -0.2) is 7.11 Å². The molecule has 2 nitrogen and oxygen atoms in total. The summed E-state index contributed by atoms with van der Waals surface area (Å²) >= 11 is 5.51. The molecule has 6 heteroatoms. The van der Waals surface area contributed by atoms with E-state index < -0.39 is 11.7 Å². The summed E-state index contributed by atoms with van der Waals surface area (Å²) in [6.07, 6.45) is -4.57. The molecule has 0 N–H and O–H groups in total. The van der Waals surface area contributed by atoms with Crippen molar-refractivity contribution in [2.24, 2.45) is 0 Å². The van der Waals surface area contributed by atoms with Crippen molar-refractivity contribution in [1.29, 1.82) is 5.26 Å². The quantitative estimate of drug-likeness (QED) is 0.753. The molecular formula is C10H7ClF3NO. The Labute approximate surface area is 95.2 Å². The van der Waals surface area contributed by atoms with Crippen LogP contribution in [0.1, 0.15) is 16.7 Å². The Morgan fingerprint density at radius 2 is 2.06 bits per heavy atom. The lowest BCUT2D eigenvalue weighted by Gasteiger charge is -2.15. The number of rotatable bonds is 2. The number of hydrogen-bond donors (Lipinski definition) is 0. The van der Waals surface area contributed by atoms with Gasteiger partial charge in [0, 0.05) is 5.56 Å². The van der Waals surface area contributed by atoms with Gasteiger partial charge in [-0.2, -0.15) is 18.4 Å². The van der Waals surface area contributed by atoms with Crippen LogP contribution in [0.2, 0.25) is 0 Å². The van der Waals surface area contributed by atoms with E-state index in [-0.39, 0.29) is 22.8 Å². The molecule has 0 aliphatic heterocycles. The molecule has 0 fully saturated rings. The van der Waals surface area contributed by atoms with Crippen molar-refractivity contribution in [3.05, 3.63) is 28.8 Å². The van der Waals surface area contributed by atoms with Crippen LogP contribution in [0.4, 0.5) is 13.2 Å². The van der Waals surface area contributed by atoms with Crippen LogP contribution in [0.15, 0.2) is 12.1 Å². The van der Waals surface area contributed by atoms with Gasteiger partial charge in [0.15, 0.2) is 0 Å². The maximum absolute atomic E-state index is 12.6. The van der Waals surface area contributed by atoms with Crippen molar-refractivity contribution in [2.45, 2.75) is 12.1 Å². The fraction of sp³-hybridized carbons (Fsp3) is 0.300. The average Bonchev–Trinajstić information content (AvgIpc) is 2.25. The smallest absolute Gasteiger partial charge is 0.420 e. The molecule has 0 aromatic heterocycles. The highest BCUT2D eigenvalue weighted by atomic mass is 35.5. The van der Waals surface area contributed by atoms with Crippen molar-refractivity contribution >= 4 is 11.6 Å². The maximum atomic E-state index is 12.6. The number of nitriles is 1. The van der Waals surface area contributed by atoms with Gasteiger partial charge in [-0.3, -0.25) is 0 Å². The molecule has 1 aromatic rings. The first-order chi connectivity index (χ1) is 7.43. The fourth-order valence-electron chi connectivity index (χ4n) is 1.30. The molecule has 0 bridgehead atoms. The molecule has 86 valence electrons. The Morgan fingerprint density at radius 1 is 1.44 bits per heavy atom. The molecule has 0 unspecified atom stereocenters. The van der Waals surface area contributed by atoms with Gasteiger partial charge in [0.2, 0.25) is 0 Å². The number of ether oxygens (including phenoxy) is 1. The first-order valence-corrected chi connectivity index (χ1v) is 4.71. The highest BCUT2D eigenvalue weighted by Crippen LogP contribution is 2.39. The Hall–Kier alpha value is -1.41. The summed E-state index contributed by atoms with van der Waals surface area (Å²) in [5.41, 5.74) is -0.927. The number of nitrogens with zero attached hydrogens (tertiary/aromatic N) is 1. The lowest BCUT2D eigenvalue weighted by molar-refractivity contribution is -0.138. The number of halogens is 4. The van der Waals surface area contributed by atoms with Crippen LogP contribution in [0.5, 0.6) is 5.75 Å². The monoisotopic (exact) mass is 249 g/mol. The third-order valence-corrected chi connectivity index (χ3v) is 2.24. The van der Waals surface area contributed by atoms with E-state index in [1.807, 2.05) is 0 Å². The molecule has 0 saturated heterocycles. The molecule has 0 radical (unpaired) electrons. The molecule has 0 heterocycles. The fourth-order valence-corrected chi connectivity index (χ4v) is 1.50. The summed E-state index contributed by atoms with van der Waals surface area (Å²) in [5, 5.41) is 8.61. The first-order valence-electron chi connectivity index (χ1n) is 4.18. The summed E-state index contributed by atoms with van der Waals surface area (Å²) in [6.45, 7) is 0. The largest absolute Gasteiger partial charge is 0.496 e. The lowest BCUT2D eigenvalue weighted by atomic mass is 10.0. The second kappa shape index (κ2) is 4.62. The number of hydrogen-bond acceptors (Lipinski definition) is 2. The number of methoxy groups -OCH3 is 1. The Balaban J connectivity index is 3.51. The van der Waals surface area contributed by atoms with Crippen LogP contribution in [0.25, 0.3) is 0 Å². The Morgan fingerprint density at radius 3 is 2.44 bits per heavy atom. The third-order valence-electron chi connectivity index (χ3n) is 1.95. The average molecular weight is 250 g/mol. The van der Waals surface area contributed by atoms with Gasteiger partial charge in [0.25, 0.3) is 0 Å². The minimum atomic E-state index is -4.57. The first kappa shape index (κ1) is 12.7. The van der Waals surface area contributed by atoms with Crippen LogP contribution >= 0.6 is 11.6 Å². The summed E-state index contributed by atoms with van der Waals surface area (Å²) in [6, 6.07) is 3.68. The van der Waals surface area contributed by atoms with Gasteiger partial charge in [-0.15, -0.1) is 11.6 Å². The number of alkyl halides is 4. The Bertz CT molecular complexity index is 437. The summed E-state index contributed by atoms with van der Waals surface area (Å²) < 4.78 is 42.6. The highest BCUT2D eigenvalue weighted by Gasteiger charge is 2.35. The van der Waals surface area contributed by atoms with Crippen molar-refractivity contribution in [2.75, 3.05) is 7.11 Å². The SMILES string of the molecule is COc1c(CCl)cc(C#N)cc1C(F)(F)F. The highest BCUT2D eigenvalue weighted by molar-refractivity contribution is 6.17. The number of benzene rings is 1. The van der Waals surface area contributed by atoms with Gasteiger partial charge in [-0.05, 0) is 12.1 Å². The molecule has 16 heavy (non-hydrogen) atoms. The molecule has 1 rings (SSSR count). The van der Waals surface area contributed by atoms with Crippen LogP contribution in [0.3, 0.4) is 0 Å². The normalized spacial score (nSPS) is 11.0. The van der Waals surface area contributed by atoms with Crippen LogP contribution in [0, 0.1) is 11.3 Å². The van der Waals surface area contributed by atoms with E-state index in [4.69, 9.17) is 16.9 Å². The van der Waals surface area contributed by atoms with E-state index in [1.54, 1.807) is 6.07 Å². The van der Waals surface area contributed by atoms with Gasteiger partial charge in [0.1, 0.15) is 5.75 Å². The second-order valence-corrected chi connectivity index (χ2v) is 3.23. The summed E-state index contributed by atoms with van der Waals surface area (Å²) in [4.78, 5) is 0. The zero-order valence-electron chi connectivity index (χ0n) is 8.23. The van der Waals surface area contributed by atoms with Gasteiger partial charge >= 0.3 is 6.18 Å². The van der Waals surface area contributed by atoms with E-state index in [0.29, 0.717) is 0 Å². The third kappa shape index (κ3) is 2.39. The van der Waals surface area contributed by atoms with E-state index >= 15 is 0 Å². The molecule has 0 aliphatic carbocycles. The van der Waals surface area contributed by atoms with Crippen molar-refractivity contribution in [3.8, 4) is 11.8 Å². The summed E-state index contributed by atoms with van der Waals surface area (Å²) in [5.74, 6) is -0.483. The Kier molecular flexibility index (Phi) is 3.66. The van der Waals surface area contributed by atoms with E-state index in [2.05, 4.69) is 4.74 Å². The van der Waals surface area contributed by atoms with E-state index in [0.717, 1.165) is 13.2 Å².